The quantitative estimate of drug-likeness (QED) is 0.522. The van der Waals surface area contributed by atoms with Crippen LogP contribution in [0.15, 0.2) is 68.8 Å². The summed E-state index contributed by atoms with van der Waals surface area (Å²) in [5.41, 5.74) is 1.09. The van der Waals surface area contributed by atoms with Crippen LogP contribution in [0, 0.1) is 0 Å². The van der Waals surface area contributed by atoms with Crippen LogP contribution in [-0.4, -0.2) is 6.21 Å². The number of hydrogen-bond donors (Lipinski definition) is 0. The zero-order valence-corrected chi connectivity index (χ0v) is 11.2. The Morgan fingerprint density at radius 1 is 1.05 bits per heavy atom. The molecule has 0 N–H and O–H groups in total. The third kappa shape index (κ3) is 2.49. The van der Waals surface area contributed by atoms with Crippen molar-refractivity contribution in [2.24, 2.45) is 4.99 Å². The molecule has 3 rings (SSSR count). The minimum Gasteiger partial charge on any atom is -0.421 e. The molecule has 0 aliphatic heterocycles. The Hall–Kier alpha value is -2.39. The Morgan fingerprint density at radius 2 is 1.80 bits per heavy atom. The van der Waals surface area contributed by atoms with Crippen molar-refractivity contribution in [2.45, 2.75) is 0 Å². The molecule has 0 bridgehead atoms. The molecule has 0 aliphatic carbocycles. The first kappa shape index (κ1) is 12.6. The molecule has 0 saturated carbocycles. The molecular formula is C16H10ClNO2. The van der Waals surface area contributed by atoms with E-state index in [9.17, 15) is 4.79 Å². The second-order valence-electron chi connectivity index (χ2n) is 4.24. The van der Waals surface area contributed by atoms with Crippen molar-refractivity contribution >= 4 is 34.5 Å². The molecule has 0 unspecified atom stereocenters. The van der Waals surface area contributed by atoms with Gasteiger partial charge in [-0.05, 0) is 18.2 Å². The second kappa shape index (κ2) is 5.31. The lowest BCUT2D eigenvalue weighted by Crippen LogP contribution is -1.98. The van der Waals surface area contributed by atoms with Crippen molar-refractivity contribution in [3.05, 3.63) is 75.6 Å². The predicted octanol–water partition coefficient (Wildman–Crippen LogP) is 4.20. The first-order valence-corrected chi connectivity index (χ1v) is 6.43. The summed E-state index contributed by atoms with van der Waals surface area (Å²) in [7, 11) is 0. The number of halogens is 1. The van der Waals surface area contributed by atoms with Gasteiger partial charge >= 0.3 is 5.63 Å². The van der Waals surface area contributed by atoms with Gasteiger partial charge in [-0.1, -0.05) is 48.0 Å². The fraction of sp³-hybridized carbons (Fsp3) is 0. The van der Waals surface area contributed by atoms with E-state index in [2.05, 4.69) is 4.99 Å². The fourth-order valence-electron chi connectivity index (χ4n) is 1.86. The van der Waals surface area contributed by atoms with Crippen molar-refractivity contribution in [1.82, 2.24) is 0 Å². The Bertz CT molecular complexity index is 852. The molecule has 0 atom stereocenters. The number of rotatable bonds is 2. The highest BCUT2D eigenvalue weighted by Crippen LogP contribution is 2.18. The topological polar surface area (TPSA) is 42.6 Å². The maximum Gasteiger partial charge on any atom is 0.362 e. The lowest BCUT2D eigenvalue weighted by Gasteiger charge is -1.98. The average molecular weight is 284 g/mol. The minimum absolute atomic E-state index is 0.253. The highest BCUT2D eigenvalue weighted by Gasteiger charge is 2.03. The van der Waals surface area contributed by atoms with Crippen molar-refractivity contribution in [2.75, 3.05) is 0 Å². The van der Waals surface area contributed by atoms with Crippen LogP contribution in [0.1, 0.15) is 5.56 Å². The normalized spacial score (nSPS) is 11.2. The van der Waals surface area contributed by atoms with Gasteiger partial charge in [0.1, 0.15) is 11.3 Å². The number of hydrogen-bond acceptors (Lipinski definition) is 3. The molecule has 1 aromatic heterocycles. The molecule has 0 amide bonds. The summed E-state index contributed by atoms with van der Waals surface area (Å²) in [5, 5.41) is 1.42. The summed E-state index contributed by atoms with van der Waals surface area (Å²) in [6.45, 7) is 0. The van der Waals surface area contributed by atoms with E-state index < -0.39 is 5.63 Å². The van der Waals surface area contributed by atoms with Gasteiger partial charge in [0.05, 0.1) is 0 Å². The molecule has 0 radical (unpaired) electrons. The number of para-hydroxylation sites is 1. The van der Waals surface area contributed by atoms with Crippen LogP contribution in [-0.2, 0) is 0 Å². The van der Waals surface area contributed by atoms with Crippen molar-refractivity contribution in [1.29, 1.82) is 0 Å². The molecule has 98 valence electrons. The monoisotopic (exact) mass is 283 g/mol. The van der Waals surface area contributed by atoms with Crippen molar-refractivity contribution < 1.29 is 4.42 Å². The van der Waals surface area contributed by atoms with E-state index >= 15 is 0 Å². The average Bonchev–Trinajstić information content (AvgIpc) is 2.46. The van der Waals surface area contributed by atoms with Crippen molar-refractivity contribution in [3.8, 4) is 0 Å². The molecule has 20 heavy (non-hydrogen) atoms. The zero-order chi connectivity index (χ0) is 13.9. The van der Waals surface area contributed by atoms with Gasteiger partial charge in [-0.25, -0.2) is 9.79 Å². The summed E-state index contributed by atoms with van der Waals surface area (Å²) in [5.74, 6) is 0. The molecule has 0 fully saturated rings. The van der Waals surface area contributed by atoms with E-state index in [1.54, 1.807) is 24.4 Å². The van der Waals surface area contributed by atoms with Crippen LogP contribution in [0.4, 0.5) is 5.69 Å². The van der Waals surface area contributed by atoms with E-state index in [0.717, 1.165) is 10.9 Å². The van der Waals surface area contributed by atoms with E-state index in [1.807, 2.05) is 36.4 Å². The van der Waals surface area contributed by atoms with Gasteiger partial charge in [-0.15, -0.1) is 0 Å². The summed E-state index contributed by atoms with van der Waals surface area (Å²) in [4.78, 5) is 16.0. The molecule has 3 nitrogen and oxygen atoms in total. The minimum atomic E-state index is -0.466. The van der Waals surface area contributed by atoms with E-state index in [0.29, 0.717) is 10.6 Å². The third-order valence-electron chi connectivity index (χ3n) is 2.87. The molecule has 4 heteroatoms. The zero-order valence-electron chi connectivity index (χ0n) is 10.4. The van der Waals surface area contributed by atoms with Crippen LogP contribution >= 0.6 is 11.6 Å². The van der Waals surface area contributed by atoms with Gasteiger partial charge in [0.25, 0.3) is 0 Å². The van der Waals surface area contributed by atoms with Crippen LogP contribution in [0.3, 0.4) is 0 Å². The van der Waals surface area contributed by atoms with Crippen LogP contribution < -0.4 is 5.63 Å². The van der Waals surface area contributed by atoms with E-state index in [-0.39, 0.29) is 5.69 Å². The first-order chi connectivity index (χ1) is 9.74. The maximum absolute atomic E-state index is 11.8. The SMILES string of the molecule is O=c1oc2ccccc2cc1N=Cc1ccccc1Cl. The van der Waals surface area contributed by atoms with Gasteiger partial charge < -0.3 is 4.42 Å². The number of nitrogens with zero attached hydrogens (tertiary/aromatic N) is 1. The van der Waals surface area contributed by atoms with Gasteiger partial charge in [0.15, 0.2) is 0 Å². The van der Waals surface area contributed by atoms with E-state index in [1.165, 1.54) is 0 Å². The highest BCUT2D eigenvalue weighted by molar-refractivity contribution is 6.33. The lowest BCUT2D eigenvalue weighted by atomic mass is 10.2. The number of benzene rings is 2. The summed E-state index contributed by atoms with van der Waals surface area (Å²) >= 11 is 6.03. The second-order valence-corrected chi connectivity index (χ2v) is 4.64. The first-order valence-electron chi connectivity index (χ1n) is 6.05. The van der Waals surface area contributed by atoms with Crippen LogP contribution in [0.25, 0.3) is 11.0 Å². The lowest BCUT2D eigenvalue weighted by molar-refractivity contribution is 0.563. The molecule has 0 spiro atoms. The predicted molar refractivity (Wildman–Crippen MR) is 81.2 cm³/mol. The van der Waals surface area contributed by atoms with Gasteiger partial charge in [0.2, 0.25) is 0 Å². The smallest absolute Gasteiger partial charge is 0.362 e. The number of fused-ring (bicyclic) bond motifs is 1. The third-order valence-corrected chi connectivity index (χ3v) is 3.22. The standard InChI is InChI=1S/C16H10ClNO2/c17-13-7-3-1-6-12(13)10-18-14-9-11-5-2-4-8-15(11)20-16(14)19/h1-10H. The van der Waals surface area contributed by atoms with Crippen LogP contribution in [0.2, 0.25) is 5.02 Å². The summed E-state index contributed by atoms with van der Waals surface area (Å²) in [6.07, 6.45) is 1.56. The molecule has 1 heterocycles. The molecule has 3 aromatic rings. The highest BCUT2D eigenvalue weighted by atomic mass is 35.5. The van der Waals surface area contributed by atoms with Gasteiger partial charge in [-0.3, -0.25) is 0 Å². The van der Waals surface area contributed by atoms with E-state index in [4.69, 9.17) is 16.0 Å². The van der Waals surface area contributed by atoms with Crippen molar-refractivity contribution in [3.63, 3.8) is 0 Å². The summed E-state index contributed by atoms with van der Waals surface area (Å²) in [6, 6.07) is 16.3. The molecule has 0 aliphatic rings. The van der Waals surface area contributed by atoms with Crippen LogP contribution in [0.5, 0.6) is 0 Å². The Labute approximate surface area is 120 Å². The Kier molecular flexibility index (Phi) is 3.35. The molecule has 2 aromatic carbocycles. The Morgan fingerprint density at radius 3 is 2.65 bits per heavy atom. The van der Waals surface area contributed by atoms with Gasteiger partial charge in [0, 0.05) is 22.2 Å². The molecular weight excluding hydrogens is 274 g/mol. The fourth-order valence-corrected chi connectivity index (χ4v) is 2.04. The largest absolute Gasteiger partial charge is 0.421 e. The Balaban J connectivity index is 2.05. The summed E-state index contributed by atoms with van der Waals surface area (Å²) < 4.78 is 5.21. The number of aliphatic imine (C=N–C) groups is 1. The van der Waals surface area contributed by atoms with Gasteiger partial charge in [-0.2, -0.15) is 0 Å². The maximum atomic E-state index is 11.8. The molecule has 0 saturated heterocycles.